The second-order valence-corrected chi connectivity index (χ2v) is 39.8. The van der Waals surface area contributed by atoms with Crippen molar-refractivity contribution < 1.29 is 0 Å². The summed E-state index contributed by atoms with van der Waals surface area (Å²) < 4.78 is 17.6. The number of hydrogen-bond acceptors (Lipinski definition) is 23. The number of pyridine rings is 5. The van der Waals surface area contributed by atoms with Crippen LogP contribution in [0.15, 0.2) is 244 Å². The first kappa shape index (κ1) is 97.9. The van der Waals surface area contributed by atoms with E-state index in [1.807, 2.05) is 213 Å². The van der Waals surface area contributed by atoms with Gasteiger partial charge in [0.2, 0.25) is 0 Å². The highest BCUT2D eigenvalue weighted by Crippen LogP contribution is 2.34. The molecule has 750 valence electrons. The summed E-state index contributed by atoms with van der Waals surface area (Å²) in [6.07, 6.45) is 40.0. The lowest BCUT2D eigenvalue weighted by molar-refractivity contribution is 0.222. The van der Waals surface area contributed by atoms with E-state index in [4.69, 9.17) is 24.9 Å². The number of likely N-dealkylation sites (tertiary alicyclic amines) is 1. The Hall–Kier alpha value is -16.2. The van der Waals surface area contributed by atoms with E-state index in [1.54, 1.807) is 72.2 Å². The Labute approximate surface area is 853 Å². The Morgan fingerprint density at radius 3 is 1.48 bits per heavy atom. The Bertz CT molecular complexity index is 9140. The van der Waals surface area contributed by atoms with E-state index < -0.39 is 0 Å². The molecule has 1 fully saturated rings. The molecule has 33 heteroatoms. The molecule has 148 heavy (non-hydrogen) atoms. The van der Waals surface area contributed by atoms with Crippen molar-refractivity contribution in [2.24, 2.45) is 7.05 Å². The van der Waals surface area contributed by atoms with Crippen LogP contribution in [0.2, 0.25) is 0 Å². The molecule has 0 aliphatic carbocycles. The third kappa shape index (κ3) is 20.4. The normalized spacial score (nSPS) is 15.2. The van der Waals surface area contributed by atoms with Crippen molar-refractivity contribution >= 4 is 83.6 Å². The second kappa shape index (κ2) is 41.0. The van der Waals surface area contributed by atoms with Gasteiger partial charge in [0.15, 0.2) is 5.65 Å². The molecule has 19 aromatic heterocycles. The van der Waals surface area contributed by atoms with Gasteiger partial charge in [0.05, 0.1) is 115 Å². The minimum absolute atomic E-state index is 0.0419. The van der Waals surface area contributed by atoms with Gasteiger partial charge in [-0.25, -0.2) is 38.9 Å². The lowest BCUT2D eigenvalue weighted by Gasteiger charge is -2.31. The largest absolute Gasteiger partial charge is 0.320 e. The summed E-state index contributed by atoms with van der Waals surface area (Å²) in [6, 6.07) is 36.6. The van der Waals surface area contributed by atoms with E-state index in [0.29, 0.717) is 80.1 Å². The SMILES string of the molecule is CCN1CC=C(c2ccc3nc(-c4ccc5nn(C)cc5c4)cc(=O)n3c2)CC1.CCN1CCC(c2ccc3nc(-c4ccc5nc(C)cn5c4)cc(=O)n3c2)CC1.Cc1cn2cc(-c3cc(=O)n4cc(C5=CCN(C(C)C)CC5)ncc4n3)cc2c(C)n1.Cc1cn2nc(-c3cc(=O)n4cc(C5=CCN(C)CC5)cc(C)c4n3)cc2c(C)n1.Cc1cn2nc(-c3cc(=O)n4cc(C5=CCNCC5)cc(C)c4n3)cc2c(C)n1. The van der Waals surface area contributed by atoms with E-state index in [9.17, 15) is 24.0 Å². The molecule has 0 spiro atoms. The van der Waals surface area contributed by atoms with E-state index >= 15 is 0 Å². The number of nitrogens with zero attached hydrogens (tertiary/aromatic N) is 27. The van der Waals surface area contributed by atoms with Gasteiger partial charge in [-0.15, -0.1) is 0 Å². The fourth-order valence-corrected chi connectivity index (χ4v) is 20.8. The van der Waals surface area contributed by atoms with Gasteiger partial charge >= 0.3 is 0 Å². The first-order valence-corrected chi connectivity index (χ1v) is 50.9. The van der Waals surface area contributed by atoms with Crippen molar-refractivity contribution in [1.82, 2.24) is 135 Å². The topological polar surface area (TPSA) is 323 Å². The van der Waals surface area contributed by atoms with Crippen molar-refractivity contribution in [1.29, 1.82) is 0 Å². The smallest absolute Gasteiger partial charge is 0.258 e. The van der Waals surface area contributed by atoms with Crippen molar-refractivity contribution in [3.05, 3.63) is 351 Å². The summed E-state index contributed by atoms with van der Waals surface area (Å²) in [7, 11) is 4.02. The number of imidazole rings is 1. The highest BCUT2D eigenvalue weighted by molar-refractivity contribution is 5.84. The molecule has 0 atom stereocenters. The average Bonchev–Trinajstić information content (AvgIpc) is 1.64. The van der Waals surface area contributed by atoms with Crippen molar-refractivity contribution in [3.8, 4) is 56.5 Å². The van der Waals surface area contributed by atoms with Crippen LogP contribution in [0.25, 0.3) is 140 Å². The molecule has 5 aliphatic heterocycles. The third-order valence-corrected chi connectivity index (χ3v) is 28.9. The Balaban J connectivity index is 0.000000108. The first-order chi connectivity index (χ1) is 71.5. The lowest BCUT2D eigenvalue weighted by atomic mass is 9.90. The molecule has 1 saturated heterocycles. The summed E-state index contributed by atoms with van der Waals surface area (Å²) in [5.74, 6) is 0.515. The van der Waals surface area contributed by atoms with E-state index in [2.05, 4.69) is 148 Å². The van der Waals surface area contributed by atoms with Gasteiger partial charge in [-0.1, -0.05) is 50.3 Å². The highest BCUT2D eigenvalue weighted by atomic mass is 16.1. The van der Waals surface area contributed by atoms with Gasteiger partial charge < -0.3 is 23.9 Å². The zero-order valence-electron chi connectivity index (χ0n) is 86.3. The molecule has 0 saturated carbocycles. The van der Waals surface area contributed by atoms with E-state index in [0.717, 1.165) is 240 Å². The van der Waals surface area contributed by atoms with Crippen LogP contribution in [0.1, 0.15) is 151 Å². The molecule has 25 rings (SSSR count). The quantitative estimate of drug-likeness (QED) is 0.112. The number of nitrogens with one attached hydrogen (secondary N) is 1. The zero-order chi connectivity index (χ0) is 103. The minimum atomic E-state index is -0.106. The van der Waals surface area contributed by atoms with Gasteiger partial charge in [0.25, 0.3) is 27.8 Å². The second-order valence-electron chi connectivity index (χ2n) is 39.8. The fourth-order valence-electron chi connectivity index (χ4n) is 20.8. The summed E-state index contributed by atoms with van der Waals surface area (Å²) in [5.41, 5.74) is 33.5. The lowest BCUT2D eigenvalue weighted by Crippen LogP contribution is -2.34. The number of aryl methyl sites for hydroxylation is 10. The minimum Gasteiger partial charge on any atom is -0.320 e. The molecule has 33 nitrogen and oxygen atoms in total. The molecule has 1 N–H and O–H groups in total. The Kier molecular flexibility index (Phi) is 27.1. The van der Waals surface area contributed by atoms with E-state index in [-0.39, 0.29) is 27.8 Å². The van der Waals surface area contributed by atoms with Crippen LogP contribution >= 0.6 is 0 Å². The average molecular weight is 1970 g/mol. The summed E-state index contributed by atoms with van der Waals surface area (Å²) in [4.78, 5) is 121. The van der Waals surface area contributed by atoms with Crippen LogP contribution in [0, 0.1) is 62.3 Å². The fraction of sp³-hybridized carbons (Fsp3) is 0.304. The van der Waals surface area contributed by atoms with Crippen LogP contribution in [0.3, 0.4) is 0 Å². The molecule has 20 aromatic rings. The van der Waals surface area contributed by atoms with Crippen LogP contribution < -0.4 is 33.1 Å². The number of aromatic nitrogens is 23. The molecule has 1 aromatic carbocycles. The van der Waals surface area contributed by atoms with Gasteiger partial charge in [0, 0.05) is 173 Å². The summed E-state index contributed by atoms with van der Waals surface area (Å²) in [5, 5.41) is 18.0. The molecule has 24 heterocycles. The van der Waals surface area contributed by atoms with E-state index in [1.165, 1.54) is 27.9 Å². The Morgan fingerprint density at radius 1 is 0.365 bits per heavy atom. The molecule has 0 bridgehead atoms. The van der Waals surface area contributed by atoms with Gasteiger partial charge in [-0.2, -0.15) is 15.3 Å². The maximum Gasteiger partial charge on any atom is 0.258 e. The van der Waals surface area contributed by atoms with Crippen LogP contribution in [0.4, 0.5) is 0 Å². The zero-order valence-corrected chi connectivity index (χ0v) is 86.3. The van der Waals surface area contributed by atoms with Crippen molar-refractivity contribution in [2.45, 2.75) is 140 Å². The highest BCUT2D eigenvalue weighted by Gasteiger charge is 2.26. The summed E-state index contributed by atoms with van der Waals surface area (Å²) >= 11 is 0. The van der Waals surface area contributed by atoms with Crippen molar-refractivity contribution in [3.63, 3.8) is 0 Å². The third-order valence-electron chi connectivity index (χ3n) is 28.9. The number of rotatable bonds is 13. The predicted molar refractivity (Wildman–Crippen MR) is 583 cm³/mol. The van der Waals surface area contributed by atoms with Gasteiger partial charge in [0.1, 0.15) is 39.6 Å². The molecular formula is C115H120N28O5. The van der Waals surface area contributed by atoms with Crippen LogP contribution in [0.5, 0.6) is 0 Å². The predicted octanol–water partition coefficient (Wildman–Crippen LogP) is 16.1. The molecule has 0 unspecified atom stereocenters. The molecule has 5 aliphatic rings. The van der Waals surface area contributed by atoms with Gasteiger partial charge in [-0.05, 0) is 289 Å². The first-order valence-electron chi connectivity index (χ1n) is 50.9. The van der Waals surface area contributed by atoms with Crippen LogP contribution in [-0.2, 0) is 7.05 Å². The maximum atomic E-state index is 13.0. The number of fused-ring (bicyclic) bond motifs is 10. The van der Waals surface area contributed by atoms with Crippen LogP contribution in [-0.4, -0.2) is 221 Å². The number of benzene rings is 1. The monoisotopic (exact) mass is 1970 g/mol. The van der Waals surface area contributed by atoms with Crippen molar-refractivity contribution in [2.75, 3.05) is 85.6 Å². The number of hydrogen-bond donors (Lipinski definition) is 1. The molecule has 0 amide bonds. The Morgan fingerprint density at radius 2 is 0.878 bits per heavy atom. The summed E-state index contributed by atoms with van der Waals surface area (Å²) in [6.45, 7) is 38.7. The number of piperidine rings is 1. The van der Waals surface area contributed by atoms with Gasteiger partial charge in [-0.3, -0.25) is 80.4 Å². The maximum absolute atomic E-state index is 13.0. The standard InChI is InChI=1S/C24H26N6O.C23H24N6O.C23H25N5O.C23H23N5O.C22H22N6O/c1-15(2)28-7-5-18(6-8-28)21-14-30-23(11-25-21)27-20(10-24(30)31)19-9-22-17(4)26-16(3)12-29(22)13-19;1-14-9-18(17-5-7-27(4)8-6-17)13-28-22(30)11-19(25-23(14)28)20-10-21-16(3)24-15(2)12-29(21)26-20;1-3-26-10-8-17(9-11-26)18-4-7-22-25-20(12-23(29)28(22)15-18)19-5-6-21-24-16(2)13-27(21)14-19;1-3-27-10-8-16(9-11-27)18-5-7-22-24-21(13-23(29)28(22)15-18)17-4-6-20-19(12-17)14-26(2)25-20;1-13-8-17(16-4-6-23-7-5-16)12-27-21(29)10-18(25-22(13)27)19-9-20-15(3)24-14(2)11-28(20)26-19/h5,9-15H,6-8H2,1-4H3;5,9-13H,6-8H2,1-4H3;4-7,12-15,17H,3,8-11H2,1-2H3;4-8,12-15H,3,9-11H2,1-2H3;4,8-12,23H,5-7H2,1-3H3. The molecular weight excluding hydrogens is 1850 g/mol. The number of likely N-dealkylation sites (N-methyl/N-ethyl adjacent to an activating group) is 2. The molecule has 0 radical (unpaired) electrons.